The number of furan rings is 1. The Hall–Kier alpha value is -3.62. The SMILES string of the molecule is Cn1ccc(CNC(=O)c2ccc(COc3ccccc3[N+](=O)[O-])o2)n1. The number of para-hydroxylation sites is 2. The topological polar surface area (TPSA) is 112 Å². The summed E-state index contributed by atoms with van der Waals surface area (Å²) in [6.07, 6.45) is 1.78. The number of amides is 1. The molecule has 0 aliphatic rings. The number of carbonyl (C=O) groups is 1. The van der Waals surface area contributed by atoms with E-state index in [0.717, 1.165) is 5.69 Å². The zero-order chi connectivity index (χ0) is 18.5. The third-order valence-electron chi connectivity index (χ3n) is 3.52. The molecule has 0 saturated heterocycles. The summed E-state index contributed by atoms with van der Waals surface area (Å²) >= 11 is 0. The van der Waals surface area contributed by atoms with E-state index in [1.807, 2.05) is 0 Å². The van der Waals surface area contributed by atoms with E-state index in [0.29, 0.717) is 5.76 Å². The van der Waals surface area contributed by atoms with E-state index in [9.17, 15) is 14.9 Å². The van der Waals surface area contributed by atoms with Crippen molar-refractivity contribution < 1.29 is 18.9 Å². The molecule has 134 valence electrons. The van der Waals surface area contributed by atoms with Gasteiger partial charge in [0.15, 0.2) is 11.5 Å². The number of nitro groups is 1. The van der Waals surface area contributed by atoms with Crippen LogP contribution in [0.25, 0.3) is 0 Å². The van der Waals surface area contributed by atoms with Gasteiger partial charge in [0, 0.05) is 19.3 Å². The lowest BCUT2D eigenvalue weighted by Crippen LogP contribution is -2.22. The molecule has 0 unspecified atom stereocenters. The highest BCUT2D eigenvalue weighted by Gasteiger charge is 2.16. The molecule has 0 aliphatic heterocycles. The van der Waals surface area contributed by atoms with Crippen molar-refractivity contribution in [2.24, 2.45) is 7.05 Å². The monoisotopic (exact) mass is 356 g/mol. The molecule has 3 rings (SSSR count). The molecule has 3 aromatic rings. The molecule has 9 heteroatoms. The van der Waals surface area contributed by atoms with Crippen LogP contribution in [0, 0.1) is 10.1 Å². The van der Waals surface area contributed by atoms with Gasteiger partial charge in [0.1, 0.15) is 12.4 Å². The number of hydrogen-bond acceptors (Lipinski definition) is 6. The zero-order valence-corrected chi connectivity index (χ0v) is 13.9. The molecule has 0 saturated carbocycles. The maximum absolute atomic E-state index is 12.1. The average molecular weight is 356 g/mol. The summed E-state index contributed by atoms with van der Waals surface area (Å²) in [5.74, 6) is 0.260. The van der Waals surface area contributed by atoms with E-state index in [2.05, 4.69) is 10.4 Å². The van der Waals surface area contributed by atoms with E-state index in [1.54, 1.807) is 42.2 Å². The molecule has 0 spiro atoms. The van der Waals surface area contributed by atoms with Crippen molar-refractivity contribution in [3.8, 4) is 5.75 Å². The first-order valence-corrected chi connectivity index (χ1v) is 7.74. The van der Waals surface area contributed by atoms with Gasteiger partial charge in [-0.15, -0.1) is 0 Å². The summed E-state index contributed by atoms with van der Waals surface area (Å²) < 4.78 is 12.5. The number of hydrogen-bond donors (Lipinski definition) is 1. The van der Waals surface area contributed by atoms with Gasteiger partial charge < -0.3 is 14.5 Å². The van der Waals surface area contributed by atoms with Gasteiger partial charge >= 0.3 is 5.69 Å². The fourth-order valence-corrected chi connectivity index (χ4v) is 2.27. The van der Waals surface area contributed by atoms with Crippen molar-refractivity contribution in [3.05, 3.63) is 76.0 Å². The van der Waals surface area contributed by atoms with Crippen molar-refractivity contribution in [2.75, 3.05) is 0 Å². The lowest BCUT2D eigenvalue weighted by molar-refractivity contribution is -0.386. The third-order valence-corrected chi connectivity index (χ3v) is 3.52. The number of ether oxygens (including phenoxy) is 1. The van der Waals surface area contributed by atoms with E-state index in [-0.39, 0.29) is 36.3 Å². The maximum Gasteiger partial charge on any atom is 0.310 e. The second-order valence-electron chi connectivity index (χ2n) is 5.44. The van der Waals surface area contributed by atoms with Crippen molar-refractivity contribution in [3.63, 3.8) is 0 Å². The molecule has 26 heavy (non-hydrogen) atoms. The molecule has 2 heterocycles. The van der Waals surface area contributed by atoms with Crippen molar-refractivity contribution in [2.45, 2.75) is 13.2 Å². The van der Waals surface area contributed by atoms with E-state index < -0.39 is 4.92 Å². The number of nitrogens with one attached hydrogen (secondary N) is 1. The Kier molecular flexibility index (Phi) is 4.97. The minimum absolute atomic E-state index is 0.0294. The number of aryl methyl sites for hydroxylation is 1. The minimum Gasteiger partial charge on any atom is -0.479 e. The fraction of sp³-hybridized carbons (Fsp3) is 0.176. The van der Waals surface area contributed by atoms with Crippen LogP contribution in [0.3, 0.4) is 0 Å². The molecule has 2 aromatic heterocycles. The first-order chi connectivity index (χ1) is 12.5. The van der Waals surface area contributed by atoms with E-state index in [1.165, 1.54) is 18.2 Å². The number of rotatable bonds is 7. The molecule has 1 N–H and O–H groups in total. The lowest BCUT2D eigenvalue weighted by atomic mass is 10.3. The van der Waals surface area contributed by atoms with Crippen molar-refractivity contribution in [1.82, 2.24) is 15.1 Å². The molecule has 0 bridgehead atoms. The molecule has 0 atom stereocenters. The molecule has 1 aromatic carbocycles. The highest BCUT2D eigenvalue weighted by atomic mass is 16.6. The Morgan fingerprint density at radius 1 is 1.31 bits per heavy atom. The van der Waals surface area contributed by atoms with Gasteiger partial charge in [0.05, 0.1) is 17.2 Å². The smallest absolute Gasteiger partial charge is 0.310 e. The van der Waals surface area contributed by atoms with Crippen LogP contribution in [0.4, 0.5) is 5.69 Å². The van der Waals surface area contributed by atoms with Gasteiger partial charge in [0.25, 0.3) is 5.91 Å². The van der Waals surface area contributed by atoms with Crippen LogP contribution >= 0.6 is 0 Å². The second kappa shape index (κ2) is 7.51. The summed E-state index contributed by atoms with van der Waals surface area (Å²) in [5.41, 5.74) is 0.597. The molecule has 9 nitrogen and oxygen atoms in total. The van der Waals surface area contributed by atoms with E-state index in [4.69, 9.17) is 9.15 Å². The van der Waals surface area contributed by atoms with Crippen LogP contribution in [0.2, 0.25) is 0 Å². The standard InChI is InChI=1S/C17H16N4O5/c1-20-9-8-12(19-20)10-18-17(22)16-7-6-13(26-16)11-25-15-5-3-2-4-14(15)21(23)24/h2-9H,10-11H2,1H3,(H,18,22). The fourth-order valence-electron chi connectivity index (χ4n) is 2.27. The van der Waals surface area contributed by atoms with Crippen LogP contribution in [0.1, 0.15) is 22.0 Å². The Labute approximate surface area is 148 Å². The highest BCUT2D eigenvalue weighted by molar-refractivity contribution is 5.91. The largest absolute Gasteiger partial charge is 0.479 e. The molecule has 0 radical (unpaired) electrons. The molecule has 1 amide bonds. The van der Waals surface area contributed by atoms with Gasteiger partial charge in [-0.25, -0.2) is 0 Å². The quantitative estimate of drug-likeness (QED) is 0.514. The first-order valence-electron chi connectivity index (χ1n) is 7.74. The van der Waals surface area contributed by atoms with Crippen molar-refractivity contribution in [1.29, 1.82) is 0 Å². The molecule has 0 fully saturated rings. The summed E-state index contributed by atoms with van der Waals surface area (Å²) in [6.45, 7) is 0.251. The molecular weight excluding hydrogens is 340 g/mol. The van der Waals surface area contributed by atoms with Gasteiger partial charge in [-0.2, -0.15) is 5.10 Å². The van der Waals surface area contributed by atoms with E-state index >= 15 is 0 Å². The van der Waals surface area contributed by atoms with Gasteiger partial charge in [-0.1, -0.05) is 12.1 Å². The minimum atomic E-state index is -0.520. The first kappa shape index (κ1) is 17.2. The van der Waals surface area contributed by atoms with Gasteiger partial charge in [-0.05, 0) is 24.3 Å². The Morgan fingerprint density at radius 3 is 2.85 bits per heavy atom. The number of carbonyl (C=O) groups excluding carboxylic acids is 1. The zero-order valence-electron chi connectivity index (χ0n) is 13.9. The lowest BCUT2D eigenvalue weighted by Gasteiger charge is -2.04. The predicted molar refractivity (Wildman–Crippen MR) is 90.5 cm³/mol. The second-order valence-corrected chi connectivity index (χ2v) is 5.44. The maximum atomic E-state index is 12.1. The summed E-state index contributed by atoms with van der Waals surface area (Å²) in [4.78, 5) is 22.5. The Balaban J connectivity index is 1.58. The van der Waals surface area contributed by atoms with Crippen LogP contribution < -0.4 is 10.1 Å². The normalized spacial score (nSPS) is 10.5. The predicted octanol–water partition coefficient (Wildman–Crippen LogP) is 2.43. The van der Waals surface area contributed by atoms with Gasteiger partial charge in [-0.3, -0.25) is 19.6 Å². The molecular formula is C17H16N4O5. The summed E-state index contributed by atoms with van der Waals surface area (Å²) in [7, 11) is 1.79. The van der Waals surface area contributed by atoms with Crippen LogP contribution in [-0.2, 0) is 20.2 Å². The third kappa shape index (κ3) is 4.07. The summed E-state index contributed by atoms with van der Waals surface area (Å²) in [5, 5.41) is 17.8. The number of nitrogens with zero attached hydrogens (tertiary/aromatic N) is 3. The van der Waals surface area contributed by atoms with Crippen LogP contribution in [0.15, 0.2) is 53.1 Å². The summed E-state index contributed by atoms with van der Waals surface area (Å²) in [6, 6.07) is 11.0. The van der Waals surface area contributed by atoms with Crippen LogP contribution in [0.5, 0.6) is 5.75 Å². The van der Waals surface area contributed by atoms with Crippen LogP contribution in [-0.4, -0.2) is 20.6 Å². The molecule has 0 aliphatic carbocycles. The van der Waals surface area contributed by atoms with Gasteiger partial charge in [0.2, 0.25) is 0 Å². The number of benzene rings is 1. The average Bonchev–Trinajstić information content (AvgIpc) is 3.27. The number of aromatic nitrogens is 2. The highest BCUT2D eigenvalue weighted by Crippen LogP contribution is 2.26. The van der Waals surface area contributed by atoms with Crippen molar-refractivity contribution >= 4 is 11.6 Å². The number of nitro benzene ring substituents is 1. The Bertz CT molecular complexity index is 931. The Morgan fingerprint density at radius 2 is 2.12 bits per heavy atom.